The molecular weight excluding hydrogens is 434 g/mol. The van der Waals surface area contributed by atoms with E-state index in [1.807, 2.05) is 20.8 Å². The summed E-state index contributed by atoms with van der Waals surface area (Å²) >= 11 is 5.25. The standard InChI is InChI=1S/C19H32BrNO3S2/c1-5-19(23-13-14-24-19)12-8-6-7-9-15(16-10-11-17(20)25-16)21-26(22)18(2,3)4/h10-11,15,21H,5-9,12-14H2,1-4H3/t15-,26-/m1/s1. The van der Waals surface area contributed by atoms with E-state index in [1.165, 1.54) is 4.88 Å². The first-order valence-corrected chi connectivity index (χ1v) is 12.2. The van der Waals surface area contributed by atoms with Crippen LogP contribution < -0.4 is 4.72 Å². The fourth-order valence-electron chi connectivity index (χ4n) is 3.02. The van der Waals surface area contributed by atoms with E-state index in [0.29, 0.717) is 13.2 Å². The topological polar surface area (TPSA) is 47.6 Å². The Morgan fingerprint density at radius 2 is 1.96 bits per heavy atom. The van der Waals surface area contributed by atoms with Gasteiger partial charge in [0.2, 0.25) is 0 Å². The lowest BCUT2D eigenvalue weighted by Gasteiger charge is -2.26. The maximum absolute atomic E-state index is 12.6. The second-order valence-electron chi connectivity index (χ2n) is 7.75. The minimum absolute atomic E-state index is 0.130. The van der Waals surface area contributed by atoms with Crippen LogP contribution in [0.25, 0.3) is 0 Å². The van der Waals surface area contributed by atoms with Gasteiger partial charge in [0.1, 0.15) is 0 Å². The first-order chi connectivity index (χ1) is 12.3. The minimum atomic E-state index is -1.07. The Morgan fingerprint density at radius 3 is 2.50 bits per heavy atom. The molecule has 150 valence electrons. The van der Waals surface area contributed by atoms with Crippen molar-refractivity contribution < 1.29 is 13.7 Å². The average molecular weight is 467 g/mol. The van der Waals surface area contributed by atoms with Crippen LogP contribution in [-0.4, -0.2) is 28.0 Å². The molecule has 0 saturated carbocycles. The molecule has 4 nitrogen and oxygen atoms in total. The highest BCUT2D eigenvalue weighted by Gasteiger charge is 2.33. The summed E-state index contributed by atoms with van der Waals surface area (Å²) in [4.78, 5) is 1.24. The predicted octanol–water partition coefficient (Wildman–Crippen LogP) is 5.71. The number of halogens is 1. The molecule has 0 spiro atoms. The highest BCUT2D eigenvalue weighted by Crippen LogP contribution is 2.33. The first kappa shape index (κ1) is 22.5. The summed E-state index contributed by atoms with van der Waals surface area (Å²) in [5, 5.41) is 0. The van der Waals surface area contributed by atoms with E-state index in [9.17, 15) is 4.21 Å². The number of nitrogens with one attached hydrogen (secondary N) is 1. The van der Waals surface area contributed by atoms with Crippen LogP contribution in [0, 0.1) is 0 Å². The Bertz CT molecular complexity index is 580. The Hall–Kier alpha value is 0.210. The van der Waals surface area contributed by atoms with Crippen molar-refractivity contribution in [2.24, 2.45) is 0 Å². The predicted molar refractivity (Wildman–Crippen MR) is 114 cm³/mol. The van der Waals surface area contributed by atoms with Crippen molar-refractivity contribution in [3.8, 4) is 0 Å². The third-order valence-corrected chi connectivity index (χ3v) is 7.99. The van der Waals surface area contributed by atoms with E-state index >= 15 is 0 Å². The van der Waals surface area contributed by atoms with Crippen LogP contribution in [0.5, 0.6) is 0 Å². The number of thiophene rings is 1. The van der Waals surface area contributed by atoms with Gasteiger partial charge in [-0.25, -0.2) is 8.93 Å². The molecule has 1 aliphatic heterocycles. The zero-order valence-corrected chi connectivity index (χ0v) is 19.5. The van der Waals surface area contributed by atoms with Crippen LogP contribution in [0.1, 0.15) is 77.1 Å². The van der Waals surface area contributed by atoms with Gasteiger partial charge in [0.15, 0.2) is 5.79 Å². The zero-order chi connectivity index (χ0) is 19.2. The number of ether oxygens (including phenoxy) is 2. The van der Waals surface area contributed by atoms with Gasteiger partial charge in [-0.05, 0) is 68.1 Å². The van der Waals surface area contributed by atoms with Crippen LogP contribution in [0.3, 0.4) is 0 Å². The van der Waals surface area contributed by atoms with Crippen LogP contribution in [0.15, 0.2) is 15.9 Å². The van der Waals surface area contributed by atoms with E-state index in [1.54, 1.807) is 11.3 Å². The summed E-state index contributed by atoms with van der Waals surface area (Å²) in [6.07, 6.45) is 6.16. The van der Waals surface area contributed by atoms with Crippen LogP contribution >= 0.6 is 27.3 Å². The van der Waals surface area contributed by atoms with Crippen LogP contribution in [0.2, 0.25) is 0 Å². The van der Waals surface area contributed by atoms with Crippen molar-refractivity contribution in [3.05, 3.63) is 20.8 Å². The normalized spacial score (nSPS) is 19.6. The Labute approximate surface area is 173 Å². The first-order valence-electron chi connectivity index (χ1n) is 9.47. The SMILES string of the molecule is CCC1(CCCCC[C@@H](N[S@](=O)C(C)(C)C)c2ccc(Br)s2)OCCO1. The van der Waals surface area contributed by atoms with Gasteiger partial charge >= 0.3 is 0 Å². The molecule has 1 fully saturated rings. The van der Waals surface area contributed by atoms with Crippen molar-refractivity contribution >= 4 is 38.3 Å². The lowest BCUT2D eigenvalue weighted by molar-refractivity contribution is -0.164. The molecule has 1 N–H and O–H groups in total. The van der Waals surface area contributed by atoms with Crippen molar-refractivity contribution in [1.82, 2.24) is 4.72 Å². The quantitative estimate of drug-likeness (QED) is 0.450. The van der Waals surface area contributed by atoms with Gasteiger partial charge < -0.3 is 9.47 Å². The summed E-state index contributed by atoms with van der Waals surface area (Å²) in [5.74, 6) is -0.343. The maximum atomic E-state index is 12.6. The molecule has 1 aliphatic rings. The third kappa shape index (κ3) is 6.67. The van der Waals surface area contributed by atoms with Crippen LogP contribution in [-0.2, 0) is 20.5 Å². The number of hydrogen-bond acceptors (Lipinski definition) is 4. The van der Waals surface area contributed by atoms with Gasteiger partial charge in [0.25, 0.3) is 0 Å². The lowest BCUT2D eigenvalue weighted by atomic mass is 10.0. The zero-order valence-electron chi connectivity index (χ0n) is 16.3. The summed E-state index contributed by atoms with van der Waals surface area (Å²) in [6.45, 7) is 9.56. The third-order valence-electron chi connectivity index (χ3n) is 4.65. The maximum Gasteiger partial charge on any atom is 0.168 e. The van der Waals surface area contributed by atoms with Gasteiger partial charge in [0.05, 0.1) is 38.8 Å². The van der Waals surface area contributed by atoms with Gasteiger partial charge in [-0.15, -0.1) is 11.3 Å². The highest BCUT2D eigenvalue weighted by molar-refractivity contribution is 9.11. The molecule has 26 heavy (non-hydrogen) atoms. The number of unbranched alkanes of at least 4 members (excludes halogenated alkanes) is 2. The molecule has 7 heteroatoms. The molecule has 0 radical (unpaired) electrons. The summed E-state index contributed by atoms with van der Waals surface area (Å²) < 4.78 is 28.4. The minimum Gasteiger partial charge on any atom is -0.348 e. The van der Waals surface area contributed by atoms with E-state index in [2.05, 4.69) is 39.7 Å². The second-order valence-corrected chi connectivity index (χ2v) is 12.2. The summed E-state index contributed by atoms with van der Waals surface area (Å²) in [6, 6.07) is 4.32. The molecule has 1 saturated heterocycles. The average Bonchev–Trinajstić information content (AvgIpc) is 3.22. The molecule has 1 aromatic heterocycles. The molecule has 0 bridgehead atoms. The van der Waals surface area contributed by atoms with E-state index < -0.39 is 11.0 Å². The number of rotatable bonds is 10. The van der Waals surface area contributed by atoms with E-state index in [4.69, 9.17) is 9.47 Å². The molecule has 2 heterocycles. The molecule has 1 aromatic rings. The summed E-state index contributed by atoms with van der Waals surface area (Å²) in [7, 11) is -1.07. The molecule has 0 aliphatic carbocycles. The molecule has 0 amide bonds. The summed E-state index contributed by atoms with van der Waals surface area (Å²) in [5.41, 5.74) is 0. The monoisotopic (exact) mass is 465 g/mol. The number of hydrogen-bond donors (Lipinski definition) is 1. The highest BCUT2D eigenvalue weighted by atomic mass is 79.9. The van der Waals surface area contributed by atoms with Crippen molar-refractivity contribution in [2.45, 2.75) is 82.8 Å². The van der Waals surface area contributed by atoms with Gasteiger partial charge in [0, 0.05) is 11.3 Å². The Kier molecular flexibility index (Phi) is 8.76. The molecule has 2 rings (SSSR count). The Balaban J connectivity index is 1.83. The van der Waals surface area contributed by atoms with E-state index in [0.717, 1.165) is 42.3 Å². The Morgan fingerprint density at radius 1 is 1.27 bits per heavy atom. The van der Waals surface area contributed by atoms with Crippen molar-refractivity contribution in [2.75, 3.05) is 13.2 Å². The van der Waals surface area contributed by atoms with Crippen LogP contribution in [0.4, 0.5) is 0 Å². The van der Waals surface area contributed by atoms with Crippen molar-refractivity contribution in [1.29, 1.82) is 0 Å². The van der Waals surface area contributed by atoms with Crippen molar-refractivity contribution in [3.63, 3.8) is 0 Å². The molecule has 2 atom stereocenters. The fraction of sp³-hybridized carbons (Fsp3) is 0.789. The lowest BCUT2D eigenvalue weighted by Crippen LogP contribution is -2.35. The van der Waals surface area contributed by atoms with Gasteiger partial charge in [-0.3, -0.25) is 0 Å². The largest absolute Gasteiger partial charge is 0.348 e. The second kappa shape index (κ2) is 10.1. The smallest absolute Gasteiger partial charge is 0.168 e. The van der Waals surface area contributed by atoms with E-state index in [-0.39, 0.29) is 16.6 Å². The fourth-order valence-corrected chi connectivity index (χ4v) is 5.46. The van der Waals surface area contributed by atoms with Gasteiger partial charge in [-0.1, -0.05) is 19.8 Å². The molecular formula is C19H32BrNO3S2. The molecule has 0 unspecified atom stereocenters. The molecule has 0 aromatic carbocycles. The van der Waals surface area contributed by atoms with Gasteiger partial charge in [-0.2, -0.15) is 0 Å².